The standard InChI is InChI=1S/C21H33N5O2S.HI/c1-7-18-17(19(8-2)26(5)25-18)14-24-21(22-9-3)23-13-16-10-11-20(15(4)12-16)29(6,27)28;/h10-12H,7-9,13-14H2,1-6H3,(H2,22,23,24);1H. The fourth-order valence-electron chi connectivity index (χ4n) is 3.50. The van der Waals surface area contributed by atoms with Crippen molar-refractivity contribution in [3.63, 3.8) is 0 Å². The van der Waals surface area contributed by atoms with Crippen molar-refractivity contribution in [3.8, 4) is 0 Å². The highest BCUT2D eigenvalue weighted by molar-refractivity contribution is 14.0. The average molecular weight is 548 g/mol. The summed E-state index contributed by atoms with van der Waals surface area (Å²) < 4.78 is 25.5. The van der Waals surface area contributed by atoms with E-state index >= 15 is 0 Å². The van der Waals surface area contributed by atoms with Crippen molar-refractivity contribution in [3.05, 3.63) is 46.3 Å². The molecule has 0 atom stereocenters. The molecule has 2 N–H and O–H groups in total. The number of nitrogens with one attached hydrogen (secondary N) is 2. The largest absolute Gasteiger partial charge is 0.357 e. The highest BCUT2D eigenvalue weighted by Gasteiger charge is 2.14. The van der Waals surface area contributed by atoms with E-state index in [0.29, 0.717) is 18.0 Å². The number of rotatable bonds is 8. The number of halogens is 1. The Kier molecular flexibility index (Phi) is 10.3. The second-order valence-electron chi connectivity index (χ2n) is 7.12. The third-order valence-electron chi connectivity index (χ3n) is 4.86. The lowest BCUT2D eigenvalue weighted by Gasteiger charge is -2.13. The summed E-state index contributed by atoms with van der Waals surface area (Å²) in [5.74, 6) is 0.727. The first-order chi connectivity index (χ1) is 13.7. The molecule has 0 bridgehead atoms. The lowest BCUT2D eigenvalue weighted by molar-refractivity contribution is 0.601. The van der Waals surface area contributed by atoms with Gasteiger partial charge in [-0.2, -0.15) is 5.10 Å². The van der Waals surface area contributed by atoms with Gasteiger partial charge in [0.25, 0.3) is 0 Å². The van der Waals surface area contributed by atoms with Crippen LogP contribution in [0.25, 0.3) is 0 Å². The van der Waals surface area contributed by atoms with Crippen LogP contribution in [0.1, 0.15) is 48.8 Å². The number of benzene rings is 1. The predicted molar refractivity (Wildman–Crippen MR) is 133 cm³/mol. The van der Waals surface area contributed by atoms with E-state index in [2.05, 4.69) is 34.6 Å². The van der Waals surface area contributed by atoms with Crippen LogP contribution in [0.4, 0.5) is 0 Å². The van der Waals surface area contributed by atoms with Gasteiger partial charge in [0.1, 0.15) is 0 Å². The molecule has 0 saturated heterocycles. The summed E-state index contributed by atoms with van der Waals surface area (Å²) in [7, 11) is -1.22. The quantitative estimate of drug-likeness (QED) is 0.301. The summed E-state index contributed by atoms with van der Waals surface area (Å²) in [6, 6.07) is 5.36. The van der Waals surface area contributed by atoms with Crippen molar-refractivity contribution in [1.82, 2.24) is 20.4 Å². The minimum Gasteiger partial charge on any atom is -0.357 e. The number of aryl methyl sites for hydroxylation is 3. The van der Waals surface area contributed by atoms with Gasteiger partial charge in [-0.05, 0) is 43.9 Å². The Morgan fingerprint density at radius 3 is 2.40 bits per heavy atom. The fraction of sp³-hybridized carbons (Fsp3) is 0.524. The molecule has 2 rings (SSSR count). The van der Waals surface area contributed by atoms with Crippen LogP contribution in [0.2, 0.25) is 0 Å². The van der Waals surface area contributed by atoms with Gasteiger partial charge in [0, 0.05) is 37.7 Å². The van der Waals surface area contributed by atoms with Gasteiger partial charge >= 0.3 is 0 Å². The van der Waals surface area contributed by atoms with E-state index in [4.69, 9.17) is 0 Å². The lowest BCUT2D eigenvalue weighted by Crippen LogP contribution is -2.37. The van der Waals surface area contributed by atoms with Gasteiger partial charge in [0.2, 0.25) is 0 Å². The fourth-order valence-corrected chi connectivity index (χ4v) is 4.46. The molecule has 0 aliphatic heterocycles. The van der Waals surface area contributed by atoms with E-state index in [1.54, 1.807) is 6.07 Å². The zero-order valence-electron chi connectivity index (χ0n) is 18.7. The first-order valence-corrected chi connectivity index (χ1v) is 12.0. The molecule has 1 aromatic heterocycles. The average Bonchev–Trinajstić information content (AvgIpc) is 2.97. The molecule has 2 aromatic rings. The third-order valence-corrected chi connectivity index (χ3v) is 6.12. The maximum atomic E-state index is 11.8. The van der Waals surface area contributed by atoms with E-state index in [0.717, 1.165) is 42.2 Å². The van der Waals surface area contributed by atoms with E-state index in [1.807, 2.05) is 37.7 Å². The summed E-state index contributed by atoms with van der Waals surface area (Å²) >= 11 is 0. The maximum absolute atomic E-state index is 11.8. The topological polar surface area (TPSA) is 88.4 Å². The van der Waals surface area contributed by atoms with Crippen LogP contribution in [-0.4, -0.2) is 37.0 Å². The zero-order chi connectivity index (χ0) is 21.6. The Morgan fingerprint density at radius 1 is 1.17 bits per heavy atom. The van der Waals surface area contributed by atoms with Crippen molar-refractivity contribution in [2.24, 2.45) is 12.0 Å². The third kappa shape index (κ3) is 6.69. The normalized spacial score (nSPS) is 11.9. The second-order valence-corrected chi connectivity index (χ2v) is 9.11. The van der Waals surface area contributed by atoms with Gasteiger partial charge in [-0.15, -0.1) is 24.0 Å². The van der Waals surface area contributed by atoms with Gasteiger partial charge in [-0.25, -0.2) is 13.4 Å². The number of hydrogen-bond acceptors (Lipinski definition) is 4. The molecule has 0 saturated carbocycles. The number of aliphatic imine (C=N–C) groups is 1. The molecule has 0 aliphatic carbocycles. The SMILES string of the molecule is CCNC(=NCc1ccc(S(C)(=O)=O)c(C)c1)NCc1c(CC)nn(C)c1CC.I. The highest BCUT2D eigenvalue weighted by atomic mass is 127. The van der Waals surface area contributed by atoms with Crippen LogP contribution in [0.3, 0.4) is 0 Å². The van der Waals surface area contributed by atoms with Crippen LogP contribution >= 0.6 is 24.0 Å². The van der Waals surface area contributed by atoms with Crippen molar-refractivity contribution in [1.29, 1.82) is 0 Å². The summed E-state index contributed by atoms with van der Waals surface area (Å²) in [6.07, 6.45) is 3.05. The number of aromatic nitrogens is 2. The molecule has 1 aromatic carbocycles. The maximum Gasteiger partial charge on any atom is 0.191 e. The van der Waals surface area contributed by atoms with E-state index in [1.165, 1.54) is 17.5 Å². The minimum absolute atomic E-state index is 0. The molecule has 0 spiro atoms. The number of sulfone groups is 1. The molecule has 30 heavy (non-hydrogen) atoms. The lowest BCUT2D eigenvalue weighted by atomic mass is 10.1. The second kappa shape index (κ2) is 11.7. The molecule has 9 heteroatoms. The van der Waals surface area contributed by atoms with Gasteiger partial charge in [-0.1, -0.05) is 26.0 Å². The highest BCUT2D eigenvalue weighted by Crippen LogP contribution is 2.17. The van der Waals surface area contributed by atoms with Crippen molar-refractivity contribution >= 4 is 39.8 Å². The molecule has 7 nitrogen and oxygen atoms in total. The molecule has 0 amide bonds. The van der Waals surface area contributed by atoms with Crippen LogP contribution in [-0.2, 0) is 42.8 Å². The van der Waals surface area contributed by atoms with Crippen LogP contribution < -0.4 is 10.6 Å². The van der Waals surface area contributed by atoms with Crippen LogP contribution in [0, 0.1) is 6.92 Å². The Morgan fingerprint density at radius 2 is 1.87 bits per heavy atom. The Balaban J connectivity index is 0.00000450. The first-order valence-electron chi connectivity index (χ1n) is 10.1. The molecule has 0 fully saturated rings. The minimum atomic E-state index is -3.21. The summed E-state index contributed by atoms with van der Waals surface area (Å²) in [6.45, 7) is 9.99. The van der Waals surface area contributed by atoms with Crippen molar-refractivity contribution < 1.29 is 8.42 Å². The van der Waals surface area contributed by atoms with Crippen LogP contribution in [0.5, 0.6) is 0 Å². The molecule has 0 radical (unpaired) electrons. The monoisotopic (exact) mass is 547 g/mol. The summed E-state index contributed by atoms with van der Waals surface area (Å²) in [5, 5.41) is 11.3. The van der Waals surface area contributed by atoms with Gasteiger partial charge in [0.05, 0.1) is 17.1 Å². The predicted octanol–water partition coefficient (Wildman–Crippen LogP) is 3.13. The van der Waals surface area contributed by atoms with Gasteiger partial charge < -0.3 is 10.6 Å². The van der Waals surface area contributed by atoms with Gasteiger partial charge in [-0.3, -0.25) is 4.68 Å². The van der Waals surface area contributed by atoms with E-state index in [9.17, 15) is 8.42 Å². The Bertz CT molecular complexity index is 984. The smallest absolute Gasteiger partial charge is 0.191 e. The molecular weight excluding hydrogens is 513 g/mol. The van der Waals surface area contributed by atoms with E-state index < -0.39 is 9.84 Å². The molecule has 0 unspecified atom stereocenters. The zero-order valence-corrected chi connectivity index (χ0v) is 21.9. The molecule has 0 aliphatic rings. The first kappa shape index (κ1) is 26.4. The van der Waals surface area contributed by atoms with Crippen molar-refractivity contribution in [2.75, 3.05) is 12.8 Å². The summed E-state index contributed by atoms with van der Waals surface area (Å²) in [4.78, 5) is 5.03. The molecule has 1 heterocycles. The van der Waals surface area contributed by atoms with Crippen molar-refractivity contribution in [2.45, 2.75) is 58.5 Å². The number of hydrogen-bond donors (Lipinski definition) is 2. The molecular formula is C21H34IN5O2S. The Labute approximate surface area is 197 Å². The number of guanidine groups is 1. The number of nitrogens with zero attached hydrogens (tertiary/aromatic N) is 3. The Hall–Kier alpha value is -1.62. The van der Waals surface area contributed by atoms with Gasteiger partial charge in [0.15, 0.2) is 15.8 Å². The molecule has 168 valence electrons. The summed E-state index contributed by atoms with van der Waals surface area (Å²) in [5.41, 5.74) is 5.29. The van der Waals surface area contributed by atoms with Crippen LogP contribution in [0.15, 0.2) is 28.1 Å². The van der Waals surface area contributed by atoms with E-state index in [-0.39, 0.29) is 24.0 Å².